The van der Waals surface area contributed by atoms with Crippen molar-refractivity contribution in [3.8, 4) is 5.75 Å². The molecule has 26 heavy (non-hydrogen) atoms. The molecule has 1 heterocycles. The van der Waals surface area contributed by atoms with Crippen LogP contribution in [0.3, 0.4) is 0 Å². The lowest BCUT2D eigenvalue weighted by atomic mass is 10.1. The third-order valence-electron chi connectivity index (χ3n) is 4.28. The summed E-state index contributed by atoms with van der Waals surface area (Å²) in [6.07, 6.45) is 1.26. The highest BCUT2D eigenvalue weighted by Gasteiger charge is 2.27. The Hall–Kier alpha value is -2.89. The van der Waals surface area contributed by atoms with Crippen molar-refractivity contribution in [2.24, 2.45) is 0 Å². The molecule has 2 amide bonds. The largest absolute Gasteiger partial charge is 0.493 e. The number of likely N-dealkylation sites (tertiary alicyclic amines) is 1. The second-order valence-electron chi connectivity index (χ2n) is 6.04. The zero-order chi connectivity index (χ0) is 18.5. The quantitative estimate of drug-likeness (QED) is 0.797. The Morgan fingerprint density at radius 2 is 1.92 bits per heavy atom. The molecule has 6 heteroatoms. The van der Waals surface area contributed by atoms with Gasteiger partial charge in [0.25, 0.3) is 5.91 Å². The molecule has 0 spiro atoms. The first-order chi connectivity index (χ1) is 12.6. The predicted molar refractivity (Wildman–Crippen MR) is 96.6 cm³/mol. The smallest absolute Gasteiger partial charge is 0.263 e. The highest BCUT2D eigenvalue weighted by Crippen LogP contribution is 2.25. The van der Waals surface area contributed by atoms with Crippen LogP contribution < -0.4 is 9.64 Å². The first kappa shape index (κ1) is 17.9. The monoisotopic (exact) mass is 356 g/mol. The number of carbonyl (C=O) groups excluding carboxylic acids is 2. The van der Waals surface area contributed by atoms with Crippen LogP contribution in [0.4, 0.5) is 10.1 Å². The molecule has 1 saturated heterocycles. The van der Waals surface area contributed by atoms with E-state index in [9.17, 15) is 14.0 Å². The number of benzene rings is 2. The van der Waals surface area contributed by atoms with Gasteiger partial charge in [-0.3, -0.25) is 14.5 Å². The van der Waals surface area contributed by atoms with Crippen molar-refractivity contribution in [2.45, 2.75) is 19.8 Å². The first-order valence-electron chi connectivity index (χ1n) is 8.67. The Kier molecular flexibility index (Phi) is 5.51. The molecule has 0 unspecified atom stereocenters. The van der Waals surface area contributed by atoms with Gasteiger partial charge in [0.15, 0.2) is 0 Å². The zero-order valence-corrected chi connectivity index (χ0v) is 14.7. The van der Waals surface area contributed by atoms with Gasteiger partial charge < -0.3 is 9.64 Å². The molecule has 0 aliphatic carbocycles. The van der Waals surface area contributed by atoms with Crippen LogP contribution in [-0.2, 0) is 4.79 Å². The first-order valence-corrected chi connectivity index (χ1v) is 8.67. The van der Waals surface area contributed by atoms with E-state index in [1.54, 1.807) is 29.2 Å². The van der Waals surface area contributed by atoms with E-state index in [2.05, 4.69) is 0 Å². The van der Waals surface area contributed by atoms with Gasteiger partial charge >= 0.3 is 0 Å². The minimum absolute atomic E-state index is 0.0167. The van der Waals surface area contributed by atoms with Crippen molar-refractivity contribution in [1.29, 1.82) is 0 Å². The summed E-state index contributed by atoms with van der Waals surface area (Å²) in [7, 11) is 0. The van der Waals surface area contributed by atoms with Crippen molar-refractivity contribution in [2.75, 3.05) is 24.7 Å². The van der Waals surface area contributed by atoms with Crippen LogP contribution in [-0.4, -0.2) is 36.5 Å². The standard InChI is InChI=1S/C20H21FN2O3/c1-2-26-18-7-4-3-6-17(18)20(25)23(14-22-13-5-8-19(22)24)16-11-9-15(21)10-12-16/h3-4,6-7,9-12H,2,5,8,13-14H2,1H3. The number of amides is 2. The summed E-state index contributed by atoms with van der Waals surface area (Å²) in [5, 5.41) is 0. The maximum Gasteiger partial charge on any atom is 0.263 e. The number of halogens is 1. The van der Waals surface area contributed by atoms with Crippen LogP contribution in [0.5, 0.6) is 5.75 Å². The number of ether oxygens (including phenoxy) is 1. The minimum Gasteiger partial charge on any atom is -0.493 e. The Bertz CT molecular complexity index is 792. The number of hydrogen-bond acceptors (Lipinski definition) is 3. The SMILES string of the molecule is CCOc1ccccc1C(=O)N(CN1CCCC1=O)c1ccc(F)cc1. The Balaban J connectivity index is 1.95. The molecule has 3 rings (SSSR count). The van der Waals surface area contributed by atoms with Gasteiger partial charge in [-0.05, 0) is 49.7 Å². The second kappa shape index (κ2) is 7.99. The molecule has 0 aromatic heterocycles. The molecule has 1 aliphatic rings. The van der Waals surface area contributed by atoms with E-state index in [0.29, 0.717) is 36.6 Å². The number of rotatable bonds is 6. The van der Waals surface area contributed by atoms with Gasteiger partial charge in [0, 0.05) is 18.7 Å². The summed E-state index contributed by atoms with van der Waals surface area (Å²) in [5.41, 5.74) is 0.938. The zero-order valence-electron chi connectivity index (χ0n) is 14.7. The van der Waals surface area contributed by atoms with Crippen LogP contribution in [0.15, 0.2) is 48.5 Å². The lowest BCUT2D eigenvalue weighted by molar-refractivity contribution is -0.127. The number of anilines is 1. The van der Waals surface area contributed by atoms with Gasteiger partial charge in [0.05, 0.1) is 12.2 Å². The molecule has 0 radical (unpaired) electrons. The molecule has 0 saturated carbocycles. The average molecular weight is 356 g/mol. The van der Waals surface area contributed by atoms with Crippen LogP contribution >= 0.6 is 0 Å². The van der Waals surface area contributed by atoms with Gasteiger partial charge in [-0.2, -0.15) is 0 Å². The van der Waals surface area contributed by atoms with Crippen molar-refractivity contribution in [3.63, 3.8) is 0 Å². The van der Waals surface area contributed by atoms with Crippen LogP contribution in [0.25, 0.3) is 0 Å². The number of para-hydroxylation sites is 1. The lowest BCUT2D eigenvalue weighted by Crippen LogP contribution is -2.42. The molecule has 2 aromatic rings. The van der Waals surface area contributed by atoms with Gasteiger partial charge in [-0.1, -0.05) is 12.1 Å². The minimum atomic E-state index is -0.381. The normalized spacial score (nSPS) is 13.8. The van der Waals surface area contributed by atoms with Crippen LogP contribution in [0.2, 0.25) is 0 Å². The van der Waals surface area contributed by atoms with Gasteiger partial charge in [0.2, 0.25) is 5.91 Å². The van der Waals surface area contributed by atoms with E-state index >= 15 is 0 Å². The number of nitrogens with zero attached hydrogens (tertiary/aromatic N) is 2. The van der Waals surface area contributed by atoms with Crippen LogP contribution in [0, 0.1) is 5.82 Å². The van der Waals surface area contributed by atoms with E-state index in [0.717, 1.165) is 6.42 Å². The second-order valence-corrected chi connectivity index (χ2v) is 6.04. The molecule has 136 valence electrons. The van der Waals surface area contributed by atoms with E-state index < -0.39 is 0 Å². The molecular formula is C20H21FN2O3. The maximum atomic E-state index is 13.3. The maximum absolute atomic E-state index is 13.3. The van der Waals surface area contributed by atoms with Gasteiger partial charge in [-0.25, -0.2) is 4.39 Å². The topological polar surface area (TPSA) is 49.9 Å². The van der Waals surface area contributed by atoms with Crippen LogP contribution in [0.1, 0.15) is 30.1 Å². The summed E-state index contributed by atoms with van der Waals surface area (Å²) in [6.45, 7) is 3.02. The summed E-state index contributed by atoms with van der Waals surface area (Å²) < 4.78 is 18.9. The summed E-state index contributed by atoms with van der Waals surface area (Å²) >= 11 is 0. The van der Waals surface area contributed by atoms with Crippen molar-refractivity contribution < 1.29 is 18.7 Å². The molecule has 2 aromatic carbocycles. The fourth-order valence-corrected chi connectivity index (χ4v) is 2.98. The summed E-state index contributed by atoms with van der Waals surface area (Å²) in [6, 6.07) is 12.7. The molecular weight excluding hydrogens is 335 g/mol. The predicted octanol–water partition coefficient (Wildman–Crippen LogP) is 3.45. The molecule has 5 nitrogen and oxygen atoms in total. The average Bonchev–Trinajstić information content (AvgIpc) is 3.05. The summed E-state index contributed by atoms with van der Waals surface area (Å²) in [4.78, 5) is 28.4. The van der Waals surface area contributed by atoms with E-state index in [4.69, 9.17) is 4.74 Å². The molecule has 0 atom stereocenters. The van der Waals surface area contributed by atoms with E-state index in [1.165, 1.54) is 29.2 Å². The third kappa shape index (κ3) is 3.85. The molecule has 0 bridgehead atoms. The van der Waals surface area contributed by atoms with Gasteiger partial charge in [0.1, 0.15) is 18.2 Å². The summed E-state index contributed by atoms with van der Waals surface area (Å²) in [5.74, 6) is -0.170. The fraction of sp³-hybridized carbons (Fsp3) is 0.300. The number of carbonyl (C=O) groups is 2. The third-order valence-corrected chi connectivity index (χ3v) is 4.28. The van der Waals surface area contributed by atoms with E-state index in [1.807, 2.05) is 6.92 Å². The fourth-order valence-electron chi connectivity index (χ4n) is 2.98. The highest BCUT2D eigenvalue weighted by molar-refractivity contribution is 6.08. The molecule has 1 fully saturated rings. The highest BCUT2D eigenvalue weighted by atomic mass is 19.1. The lowest BCUT2D eigenvalue weighted by Gasteiger charge is -2.28. The molecule has 1 aliphatic heterocycles. The Morgan fingerprint density at radius 1 is 1.19 bits per heavy atom. The Morgan fingerprint density at radius 3 is 2.58 bits per heavy atom. The van der Waals surface area contributed by atoms with E-state index in [-0.39, 0.29) is 24.3 Å². The van der Waals surface area contributed by atoms with Crippen molar-refractivity contribution in [3.05, 3.63) is 59.9 Å². The Labute approximate surface area is 152 Å². The number of hydrogen-bond donors (Lipinski definition) is 0. The van der Waals surface area contributed by atoms with Gasteiger partial charge in [-0.15, -0.1) is 0 Å². The molecule has 0 N–H and O–H groups in total. The van der Waals surface area contributed by atoms with Crippen molar-refractivity contribution in [1.82, 2.24) is 4.90 Å². The van der Waals surface area contributed by atoms with Crippen molar-refractivity contribution >= 4 is 17.5 Å².